The van der Waals surface area contributed by atoms with Gasteiger partial charge in [0.25, 0.3) is 0 Å². The highest BCUT2D eigenvalue weighted by Crippen LogP contribution is 2.06. The Morgan fingerprint density at radius 1 is 1.30 bits per heavy atom. The van der Waals surface area contributed by atoms with Gasteiger partial charge < -0.3 is 0 Å². The van der Waals surface area contributed by atoms with E-state index >= 15 is 0 Å². The van der Waals surface area contributed by atoms with Crippen LogP contribution in [0.25, 0.3) is 0 Å². The van der Waals surface area contributed by atoms with Crippen LogP contribution in [0.4, 0.5) is 0 Å². The minimum absolute atomic E-state index is 1.12. The molecule has 0 unspecified atom stereocenters. The molecule has 0 fully saturated rings. The van der Waals surface area contributed by atoms with E-state index in [0.717, 1.165) is 19.3 Å². The molecule has 0 heteroatoms. The van der Waals surface area contributed by atoms with Crippen molar-refractivity contribution in [3.63, 3.8) is 0 Å². The number of hydrogen-bond acceptors (Lipinski definition) is 0. The minimum atomic E-state index is 1.12. The largest absolute Gasteiger partial charge is 0.0999 e. The van der Waals surface area contributed by atoms with Gasteiger partial charge in [0.05, 0.1) is 0 Å². The van der Waals surface area contributed by atoms with Gasteiger partial charge in [0.1, 0.15) is 0 Å². The van der Waals surface area contributed by atoms with E-state index in [9.17, 15) is 0 Å². The fourth-order valence-electron chi connectivity index (χ4n) is 0.749. The van der Waals surface area contributed by atoms with Crippen LogP contribution >= 0.6 is 0 Å². The second kappa shape index (κ2) is 6.60. The molecule has 0 saturated carbocycles. The summed E-state index contributed by atoms with van der Waals surface area (Å²) in [5, 5.41) is 0. The summed E-state index contributed by atoms with van der Waals surface area (Å²) in [6.45, 7) is 8.25. The highest BCUT2D eigenvalue weighted by Gasteiger charge is 1.86. The van der Waals surface area contributed by atoms with Crippen LogP contribution in [0.2, 0.25) is 0 Å². The third-order valence-electron chi connectivity index (χ3n) is 1.57. The van der Waals surface area contributed by atoms with Crippen LogP contribution in [0.5, 0.6) is 0 Å². The van der Waals surface area contributed by atoms with Gasteiger partial charge in [-0.1, -0.05) is 38.2 Å². The average molecular weight is 138 g/mol. The first-order valence-electron chi connectivity index (χ1n) is 4.12. The van der Waals surface area contributed by atoms with Crippen molar-refractivity contribution in [1.29, 1.82) is 0 Å². The highest BCUT2D eigenvalue weighted by atomic mass is 13.9. The predicted molar refractivity (Wildman–Crippen MR) is 48.1 cm³/mol. The van der Waals surface area contributed by atoms with E-state index in [1.165, 1.54) is 12.0 Å². The lowest BCUT2D eigenvalue weighted by atomic mass is 10.1. The van der Waals surface area contributed by atoms with E-state index in [2.05, 4.69) is 32.6 Å². The molecular formula is C10H18. The Kier molecular flexibility index (Phi) is 6.25. The molecule has 0 N–H and O–H groups in total. The molecule has 0 heterocycles. The van der Waals surface area contributed by atoms with Crippen molar-refractivity contribution in [3.05, 3.63) is 24.3 Å². The summed E-state index contributed by atoms with van der Waals surface area (Å²) in [6.07, 6.45) is 9.05. The summed E-state index contributed by atoms with van der Waals surface area (Å²) in [5.74, 6) is 0. The SMILES string of the molecule is C=C(CC)CCC=CCC. The molecule has 0 nitrogen and oxygen atoms in total. The topological polar surface area (TPSA) is 0 Å². The van der Waals surface area contributed by atoms with Gasteiger partial charge in [-0.3, -0.25) is 0 Å². The smallest absolute Gasteiger partial charge is 0.0288 e. The van der Waals surface area contributed by atoms with Gasteiger partial charge in [-0.15, -0.1) is 0 Å². The summed E-state index contributed by atoms with van der Waals surface area (Å²) in [4.78, 5) is 0. The van der Waals surface area contributed by atoms with Crippen molar-refractivity contribution in [3.8, 4) is 0 Å². The van der Waals surface area contributed by atoms with E-state index in [4.69, 9.17) is 0 Å². The second-order valence-corrected chi connectivity index (χ2v) is 2.52. The van der Waals surface area contributed by atoms with Crippen molar-refractivity contribution in [1.82, 2.24) is 0 Å². The van der Waals surface area contributed by atoms with Crippen molar-refractivity contribution in [2.45, 2.75) is 39.5 Å². The van der Waals surface area contributed by atoms with E-state index in [1.807, 2.05) is 0 Å². The molecule has 0 aromatic heterocycles. The molecule has 0 aromatic carbocycles. The van der Waals surface area contributed by atoms with Crippen LogP contribution in [0.1, 0.15) is 39.5 Å². The maximum Gasteiger partial charge on any atom is -0.0288 e. The van der Waals surface area contributed by atoms with Crippen molar-refractivity contribution < 1.29 is 0 Å². The average Bonchev–Trinajstić information content (AvgIpc) is 1.98. The third kappa shape index (κ3) is 5.61. The van der Waals surface area contributed by atoms with Crippen molar-refractivity contribution in [2.75, 3.05) is 0 Å². The first-order chi connectivity index (χ1) is 4.81. The van der Waals surface area contributed by atoms with Crippen LogP contribution in [0.15, 0.2) is 24.3 Å². The molecule has 0 saturated heterocycles. The van der Waals surface area contributed by atoms with Gasteiger partial charge in [0, 0.05) is 0 Å². The van der Waals surface area contributed by atoms with Crippen LogP contribution < -0.4 is 0 Å². The Balaban J connectivity index is 3.19. The molecule has 0 amide bonds. The molecule has 0 aromatic rings. The number of allylic oxidation sites excluding steroid dienone is 3. The first kappa shape index (κ1) is 9.48. The zero-order valence-electron chi connectivity index (χ0n) is 7.19. The molecule has 0 atom stereocenters. The summed E-state index contributed by atoms with van der Waals surface area (Å²) < 4.78 is 0. The summed E-state index contributed by atoms with van der Waals surface area (Å²) in [7, 11) is 0. The van der Waals surface area contributed by atoms with Crippen LogP contribution in [-0.2, 0) is 0 Å². The highest BCUT2D eigenvalue weighted by molar-refractivity contribution is 4.95. The molecular weight excluding hydrogens is 120 g/mol. The van der Waals surface area contributed by atoms with Gasteiger partial charge in [-0.25, -0.2) is 0 Å². The Morgan fingerprint density at radius 2 is 2.00 bits per heavy atom. The van der Waals surface area contributed by atoms with E-state index in [1.54, 1.807) is 0 Å². The summed E-state index contributed by atoms with van der Waals surface area (Å²) in [5.41, 5.74) is 1.36. The Morgan fingerprint density at radius 3 is 2.50 bits per heavy atom. The van der Waals surface area contributed by atoms with Crippen molar-refractivity contribution >= 4 is 0 Å². The Hall–Kier alpha value is -0.520. The van der Waals surface area contributed by atoms with Gasteiger partial charge in [-0.05, 0) is 25.7 Å². The van der Waals surface area contributed by atoms with Crippen LogP contribution in [-0.4, -0.2) is 0 Å². The van der Waals surface area contributed by atoms with Crippen molar-refractivity contribution in [2.24, 2.45) is 0 Å². The van der Waals surface area contributed by atoms with Crippen LogP contribution in [0.3, 0.4) is 0 Å². The van der Waals surface area contributed by atoms with Gasteiger partial charge in [-0.2, -0.15) is 0 Å². The van der Waals surface area contributed by atoms with Gasteiger partial charge in [0.15, 0.2) is 0 Å². The van der Waals surface area contributed by atoms with E-state index in [-0.39, 0.29) is 0 Å². The second-order valence-electron chi connectivity index (χ2n) is 2.52. The zero-order chi connectivity index (χ0) is 7.82. The summed E-state index contributed by atoms with van der Waals surface area (Å²) >= 11 is 0. The fourth-order valence-corrected chi connectivity index (χ4v) is 0.749. The lowest BCUT2D eigenvalue weighted by Crippen LogP contribution is -1.75. The maximum atomic E-state index is 3.94. The maximum absolute atomic E-state index is 3.94. The third-order valence-corrected chi connectivity index (χ3v) is 1.57. The molecule has 10 heavy (non-hydrogen) atoms. The molecule has 0 bridgehead atoms. The van der Waals surface area contributed by atoms with E-state index in [0.29, 0.717) is 0 Å². The molecule has 0 radical (unpaired) electrons. The number of rotatable bonds is 5. The van der Waals surface area contributed by atoms with Gasteiger partial charge >= 0.3 is 0 Å². The molecule has 0 aliphatic heterocycles. The van der Waals surface area contributed by atoms with Crippen LogP contribution in [0, 0.1) is 0 Å². The Bertz CT molecular complexity index is 109. The summed E-state index contributed by atoms with van der Waals surface area (Å²) in [6, 6.07) is 0. The quantitative estimate of drug-likeness (QED) is 0.508. The molecule has 0 aliphatic carbocycles. The first-order valence-corrected chi connectivity index (χ1v) is 4.12. The lowest BCUT2D eigenvalue weighted by Gasteiger charge is -1.96. The standard InChI is InChI=1S/C10H18/c1-4-6-7-8-9-10(3)5-2/h6-7H,3-5,8-9H2,1-2H3. The fraction of sp³-hybridized carbons (Fsp3) is 0.600. The molecule has 0 rings (SSSR count). The minimum Gasteiger partial charge on any atom is -0.0999 e. The molecule has 58 valence electrons. The monoisotopic (exact) mass is 138 g/mol. The molecule has 0 spiro atoms. The normalized spacial score (nSPS) is 10.6. The lowest BCUT2D eigenvalue weighted by molar-refractivity contribution is 0.911. The number of hydrogen-bond donors (Lipinski definition) is 0. The zero-order valence-corrected chi connectivity index (χ0v) is 7.19. The van der Waals surface area contributed by atoms with Gasteiger partial charge in [0.2, 0.25) is 0 Å². The predicted octanol–water partition coefficient (Wildman–Crippen LogP) is 3.70. The Labute approximate surface area is 64.6 Å². The van der Waals surface area contributed by atoms with E-state index < -0.39 is 0 Å². The molecule has 0 aliphatic rings.